The molecule has 1 aliphatic rings. The molecule has 0 spiro atoms. The van der Waals surface area contributed by atoms with Crippen molar-refractivity contribution in [1.29, 1.82) is 0 Å². The van der Waals surface area contributed by atoms with Crippen molar-refractivity contribution in [2.24, 2.45) is 11.1 Å². The van der Waals surface area contributed by atoms with Gasteiger partial charge in [0, 0.05) is 5.69 Å². The van der Waals surface area contributed by atoms with Gasteiger partial charge in [0.1, 0.15) is 11.4 Å². The van der Waals surface area contributed by atoms with Crippen molar-refractivity contribution >= 4 is 11.6 Å². The number of halogens is 1. The Balaban J connectivity index is 2.24. The summed E-state index contributed by atoms with van der Waals surface area (Å²) in [6.45, 7) is 6.23. The highest BCUT2D eigenvalue weighted by Crippen LogP contribution is 2.41. The first-order valence-corrected chi connectivity index (χ1v) is 7.08. The van der Waals surface area contributed by atoms with Crippen LogP contribution in [0.4, 0.5) is 10.1 Å². The van der Waals surface area contributed by atoms with E-state index in [1.807, 2.05) is 13.0 Å². The molecule has 0 bridgehead atoms. The second-order valence-electron chi connectivity index (χ2n) is 6.75. The lowest BCUT2D eigenvalue weighted by Crippen LogP contribution is -2.53. The molecule has 1 amide bonds. The van der Waals surface area contributed by atoms with Crippen LogP contribution in [0.3, 0.4) is 0 Å². The summed E-state index contributed by atoms with van der Waals surface area (Å²) >= 11 is 0. The van der Waals surface area contributed by atoms with E-state index in [0.717, 1.165) is 18.4 Å². The maximum Gasteiger partial charge on any atom is 0.243 e. The Kier molecular flexibility index (Phi) is 3.76. The van der Waals surface area contributed by atoms with Crippen LogP contribution in [0.2, 0.25) is 0 Å². The number of benzene rings is 1. The standard InChI is InChI=1S/C16H23FN2O/c1-11-8-12(17)10-13(9-11)19-16(14(18)20)6-4-15(2,3)5-7-16/h8-10,19H,4-7H2,1-3H3,(H2,18,20). The van der Waals surface area contributed by atoms with Crippen LogP contribution in [0, 0.1) is 18.2 Å². The van der Waals surface area contributed by atoms with Gasteiger partial charge in [-0.15, -0.1) is 0 Å². The molecule has 3 nitrogen and oxygen atoms in total. The molecule has 0 aromatic heterocycles. The number of anilines is 1. The fraction of sp³-hybridized carbons (Fsp3) is 0.562. The molecule has 3 N–H and O–H groups in total. The zero-order valence-corrected chi connectivity index (χ0v) is 12.4. The van der Waals surface area contributed by atoms with E-state index >= 15 is 0 Å². The largest absolute Gasteiger partial charge is 0.371 e. The second-order valence-corrected chi connectivity index (χ2v) is 6.75. The number of carbonyl (C=O) groups excluding carboxylic acids is 1. The van der Waals surface area contributed by atoms with Gasteiger partial charge in [-0.1, -0.05) is 13.8 Å². The molecule has 4 heteroatoms. The minimum absolute atomic E-state index is 0.235. The van der Waals surface area contributed by atoms with Crippen molar-refractivity contribution in [2.45, 2.75) is 52.0 Å². The summed E-state index contributed by atoms with van der Waals surface area (Å²) in [5.41, 5.74) is 6.55. The first-order chi connectivity index (χ1) is 9.22. The van der Waals surface area contributed by atoms with Gasteiger partial charge >= 0.3 is 0 Å². The third-order valence-electron chi connectivity index (χ3n) is 4.35. The normalized spacial score (nSPS) is 20.4. The maximum absolute atomic E-state index is 13.5. The van der Waals surface area contributed by atoms with E-state index in [1.165, 1.54) is 12.1 Å². The van der Waals surface area contributed by atoms with Crippen LogP contribution in [-0.2, 0) is 4.79 Å². The number of primary amides is 1. The van der Waals surface area contributed by atoms with Gasteiger partial charge in [0.15, 0.2) is 0 Å². The Morgan fingerprint density at radius 1 is 1.20 bits per heavy atom. The van der Waals surface area contributed by atoms with E-state index in [0.29, 0.717) is 18.5 Å². The lowest BCUT2D eigenvalue weighted by molar-refractivity contribution is -0.124. The van der Waals surface area contributed by atoms with Crippen LogP contribution >= 0.6 is 0 Å². The molecule has 20 heavy (non-hydrogen) atoms. The van der Waals surface area contributed by atoms with E-state index in [1.54, 1.807) is 0 Å². The SMILES string of the molecule is Cc1cc(F)cc(NC2(C(N)=O)CCC(C)(C)CC2)c1. The molecule has 2 rings (SSSR count). The van der Waals surface area contributed by atoms with E-state index in [9.17, 15) is 9.18 Å². The van der Waals surface area contributed by atoms with Crippen LogP contribution in [0.1, 0.15) is 45.1 Å². The monoisotopic (exact) mass is 278 g/mol. The second kappa shape index (κ2) is 5.08. The summed E-state index contributed by atoms with van der Waals surface area (Å²) in [5, 5.41) is 3.20. The molecule has 1 aromatic rings. The number of nitrogens with one attached hydrogen (secondary N) is 1. The molecule has 110 valence electrons. The van der Waals surface area contributed by atoms with Crippen molar-refractivity contribution in [3.63, 3.8) is 0 Å². The Labute approximate surface area is 119 Å². The van der Waals surface area contributed by atoms with E-state index in [4.69, 9.17) is 5.73 Å². The predicted octanol–water partition coefficient (Wildman–Crippen LogP) is 3.37. The van der Waals surface area contributed by atoms with Crippen molar-refractivity contribution in [1.82, 2.24) is 0 Å². The number of hydrogen-bond donors (Lipinski definition) is 2. The van der Waals surface area contributed by atoms with E-state index in [2.05, 4.69) is 19.2 Å². The van der Waals surface area contributed by atoms with Crippen LogP contribution in [0.25, 0.3) is 0 Å². The van der Waals surface area contributed by atoms with Gasteiger partial charge in [-0.05, 0) is 61.8 Å². The molecule has 0 aliphatic heterocycles. The van der Waals surface area contributed by atoms with Crippen LogP contribution in [0.5, 0.6) is 0 Å². The summed E-state index contributed by atoms with van der Waals surface area (Å²) < 4.78 is 13.5. The Morgan fingerprint density at radius 2 is 1.80 bits per heavy atom. The summed E-state index contributed by atoms with van der Waals surface area (Å²) in [4.78, 5) is 11.9. The van der Waals surface area contributed by atoms with E-state index < -0.39 is 5.54 Å². The molecular weight excluding hydrogens is 255 g/mol. The molecule has 0 heterocycles. The molecule has 1 saturated carbocycles. The van der Waals surface area contributed by atoms with E-state index in [-0.39, 0.29) is 17.1 Å². The fourth-order valence-corrected chi connectivity index (χ4v) is 2.87. The van der Waals surface area contributed by atoms with Crippen molar-refractivity contribution in [3.8, 4) is 0 Å². The molecular formula is C16H23FN2O. The fourth-order valence-electron chi connectivity index (χ4n) is 2.87. The number of rotatable bonds is 3. The molecule has 1 fully saturated rings. The van der Waals surface area contributed by atoms with Gasteiger partial charge in [-0.3, -0.25) is 4.79 Å². The molecule has 0 unspecified atom stereocenters. The lowest BCUT2D eigenvalue weighted by atomic mass is 9.69. The summed E-state index contributed by atoms with van der Waals surface area (Å²) in [5.74, 6) is -0.654. The average molecular weight is 278 g/mol. The number of aryl methyl sites for hydroxylation is 1. The van der Waals surface area contributed by atoms with Crippen LogP contribution in [0.15, 0.2) is 18.2 Å². The first kappa shape index (κ1) is 14.8. The minimum atomic E-state index is -0.754. The first-order valence-electron chi connectivity index (χ1n) is 7.08. The summed E-state index contributed by atoms with van der Waals surface area (Å²) in [6.07, 6.45) is 3.23. The topological polar surface area (TPSA) is 55.1 Å². The summed E-state index contributed by atoms with van der Waals surface area (Å²) in [7, 11) is 0. The zero-order valence-electron chi connectivity index (χ0n) is 12.4. The van der Waals surface area contributed by atoms with Gasteiger partial charge in [-0.2, -0.15) is 0 Å². The third kappa shape index (κ3) is 3.11. The third-order valence-corrected chi connectivity index (χ3v) is 4.35. The van der Waals surface area contributed by atoms with Crippen molar-refractivity contribution < 1.29 is 9.18 Å². The maximum atomic E-state index is 13.5. The van der Waals surface area contributed by atoms with Gasteiger partial charge in [0.05, 0.1) is 0 Å². The Hall–Kier alpha value is -1.58. The molecule has 0 radical (unpaired) electrons. The zero-order chi connectivity index (χ0) is 15.0. The predicted molar refractivity (Wildman–Crippen MR) is 78.9 cm³/mol. The van der Waals surface area contributed by atoms with Crippen LogP contribution < -0.4 is 11.1 Å². The minimum Gasteiger partial charge on any atom is -0.371 e. The average Bonchev–Trinajstić information content (AvgIpc) is 2.30. The molecule has 1 aliphatic carbocycles. The van der Waals surface area contributed by atoms with Gasteiger partial charge < -0.3 is 11.1 Å². The van der Waals surface area contributed by atoms with Crippen molar-refractivity contribution in [2.75, 3.05) is 5.32 Å². The number of nitrogens with two attached hydrogens (primary N) is 1. The summed E-state index contributed by atoms with van der Waals surface area (Å²) in [6, 6.07) is 4.72. The highest BCUT2D eigenvalue weighted by Gasteiger charge is 2.42. The quantitative estimate of drug-likeness (QED) is 0.890. The Morgan fingerprint density at radius 3 is 2.30 bits per heavy atom. The Bertz CT molecular complexity index is 495. The van der Waals surface area contributed by atoms with Gasteiger partial charge in [0.2, 0.25) is 5.91 Å². The highest BCUT2D eigenvalue weighted by atomic mass is 19.1. The lowest BCUT2D eigenvalue weighted by Gasteiger charge is -2.42. The highest BCUT2D eigenvalue weighted by molar-refractivity contribution is 5.88. The van der Waals surface area contributed by atoms with Gasteiger partial charge in [-0.25, -0.2) is 4.39 Å². The van der Waals surface area contributed by atoms with Crippen LogP contribution in [-0.4, -0.2) is 11.4 Å². The molecule has 0 saturated heterocycles. The van der Waals surface area contributed by atoms with Crippen molar-refractivity contribution in [3.05, 3.63) is 29.6 Å². The smallest absolute Gasteiger partial charge is 0.243 e. The number of carbonyl (C=O) groups is 1. The number of hydrogen-bond acceptors (Lipinski definition) is 2. The molecule has 1 aromatic carbocycles. The number of amides is 1. The molecule has 0 atom stereocenters. The van der Waals surface area contributed by atoms with Gasteiger partial charge in [0.25, 0.3) is 0 Å².